The smallest absolute Gasteiger partial charge is 0.229 e. The van der Waals surface area contributed by atoms with Gasteiger partial charge in [0, 0.05) is 18.2 Å². The standard InChI is InChI=1S/C13H14F2N2O/c14-7-1-3-10(15)12(5-7)17-13(18)9-6-8-2-4-11(9)16-8/h1,3,5,8-9,11,16H,2,4,6H2,(H,17,18). The zero-order valence-electron chi connectivity index (χ0n) is 9.75. The molecule has 2 fully saturated rings. The van der Waals surface area contributed by atoms with Crippen LogP contribution in [0.3, 0.4) is 0 Å². The summed E-state index contributed by atoms with van der Waals surface area (Å²) in [6.07, 6.45) is 2.87. The first-order valence-electron chi connectivity index (χ1n) is 6.15. The second-order valence-electron chi connectivity index (χ2n) is 5.00. The SMILES string of the molecule is O=C(Nc1cc(F)ccc1F)C1CC2CCC1N2. The van der Waals surface area contributed by atoms with Crippen LogP contribution in [-0.2, 0) is 4.79 Å². The summed E-state index contributed by atoms with van der Waals surface area (Å²) in [5, 5.41) is 5.83. The molecule has 5 heteroatoms. The Labute approximate surface area is 104 Å². The van der Waals surface area contributed by atoms with Gasteiger partial charge in [0.05, 0.1) is 11.6 Å². The Morgan fingerprint density at radius 2 is 2.17 bits per heavy atom. The topological polar surface area (TPSA) is 41.1 Å². The molecule has 2 aliphatic heterocycles. The molecule has 3 unspecified atom stereocenters. The first kappa shape index (κ1) is 11.6. The van der Waals surface area contributed by atoms with Gasteiger partial charge in [-0.3, -0.25) is 4.79 Å². The number of carbonyl (C=O) groups is 1. The predicted octanol–water partition coefficient (Wildman–Crippen LogP) is 2.04. The van der Waals surface area contributed by atoms with Crippen molar-refractivity contribution in [2.45, 2.75) is 31.3 Å². The normalized spacial score (nSPS) is 29.6. The second-order valence-corrected chi connectivity index (χ2v) is 5.00. The molecule has 0 aliphatic carbocycles. The van der Waals surface area contributed by atoms with Gasteiger partial charge in [0.25, 0.3) is 0 Å². The van der Waals surface area contributed by atoms with E-state index in [2.05, 4.69) is 10.6 Å². The lowest BCUT2D eigenvalue weighted by molar-refractivity contribution is -0.120. The molecule has 2 N–H and O–H groups in total. The second kappa shape index (κ2) is 4.31. The van der Waals surface area contributed by atoms with Crippen LogP contribution in [0.4, 0.5) is 14.5 Å². The molecule has 1 aromatic rings. The number of hydrogen-bond donors (Lipinski definition) is 2. The number of halogens is 2. The Hall–Kier alpha value is -1.49. The molecular weight excluding hydrogens is 238 g/mol. The van der Waals surface area contributed by atoms with Gasteiger partial charge in [0.15, 0.2) is 0 Å². The van der Waals surface area contributed by atoms with Crippen molar-refractivity contribution in [2.75, 3.05) is 5.32 Å². The van der Waals surface area contributed by atoms with Crippen LogP contribution in [0.15, 0.2) is 18.2 Å². The van der Waals surface area contributed by atoms with Crippen LogP contribution in [0.1, 0.15) is 19.3 Å². The highest BCUT2D eigenvalue weighted by atomic mass is 19.1. The lowest BCUT2D eigenvalue weighted by Gasteiger charge is -2.19. The van der Waals surface area contributed by atoms with E-state index in [1.54, 1.807) is 0 Å². The monoisotopic (exact) mass is 252 g/mol. The summed E-state index contributed by atoms with van der Waals surface area (Å²) < 4.78 is 26.4. The fraction of sp³-hybridized carbons (Fsp3) is 0.462. The molecule has 3 rings (SSSR count). The molecule has 18 heavy (non-hydrogen) atoms. The van der Waals surface area contributed by atoms with E-state index in [0.717, 1.165) is 37.5 Å². The summed E-state index contributed by atoms with van der Waals surface area (Å²) in [4.78, 5) is 12.0. The number of hydrogen-bond acceptors (Lipinski definition) is 2. The number of rotatable bonds is 2. The van der Waals surface area contributed by atoms with Gasteiger partial charge in [-0.2, -0.15) is 0 Å². The minimum atomic E-state index is -0.610. The van der Waals surface area contributed by atoms with Gasteiger partial charge in [-0.05, 0) is 31.4 Å². The minimum Gasteiger partial charge on any atom is -0.323 e. The van der Waals surface area contributed by atoms with E-state index in [0.29, 0.717) is 6.04 Å². The van der Waals surface area contributed by atoms with Crippen LogP contribution in [0.25, 0.3) is 0 Å². The molecule has 1 aromatic carbocycles. The molecule has 0 spiro atoms. The fourth-order valence-corrected chi connectivity index (χ4v) is 2.93. The molecule has 0 radical (unpaired) electrons. The highest BCUT2D eigenvalue weighted by Crippen LogP contribution is 2.34. The number of fused-ring (bicyclic) bond motifs is 2. The Morgan fingerprint density at radius 3 is 2.83 bits per heavy atom. The predicted molar refractivity (Wildman–Crippen MR) is 63.0 cm³/mol. The van der Waals surface area contributed by atoms with Crippen LogP contribution in [0.2, 0.25) is 0 Å². The lowest BCUT2D eigenvalue weighted by Crippen LogP contribution is -2.33. The zero-order valence-corrected chi connectivity index (χ0v) is 9.75. The molecule has 3 nitrogen and oxygen atoms in total. The Kier molecular flexibility index (Phi) is 2.78. The molecule has 2 aliphatic rings. The van der Waals surface area contributed by atoms with Crippen LogP contribution in [0.5, 0.6) is 0 Å². The van der Waals surface area contributed by atoms with Crippen molar-refractivity contribution < 1.29 is 13.6 Å². The number of nitrogens with one attached hydrogen (secondary N) is 2. The molecule has 2 bridgehead atoms. The maximum atomic E-state index is 13.4. The third-order valence-electron chi connectivity index (χ3n) is 3.82. The van der Waals surface area contributed by atoms with E-state index >= 15 is 0 Å². The summed E-state index contributed by atoms with van der Waals surface area (Å²) >= 11 is 0. The van der Waals surface area contributed by atoms with Crippen molar-refractivity contribution in [3.05, 3.63) is 29.8 Å². The molecule has 3 atom stereocenters. The largest absolute Gasteiger partial charge is 0.323 e. The Balaban J connectivity index is 1.72. The van der Waals surface area contributed by atoms with Gasteiger partial charge in [0.1, 0.15) is 11.6 Å². The van der Waals surface area contributed by atoms with E-state index < -0.39 is 11.6 Å². The van der Waals surface area contributed by atoms with Crippen molar-refractivity contribution >= 4 is 11.6 Å². The Morgan fingerprint density at radius 1 is 1.33 bits per heavy atom. The quantitative estimate of drug-likeness (QED) is 0.845. The summed E-state index contributed by atoms with van der Waals surface area (Å²) in [7, 11) is 0. The van der Waals surface area contributed by atoms with Crippen LogP contribution < -0.4 is 10.6 Å². The minimum absolute atomic E-state index is 0.0808. The molecule has 2 heterocycles. The highest BCUT2D eigenvalue weighted by molar-refractivity contribution is 5.93. The van der Waals surface area contributed by atoms with Crippen molar-refractivity contribution in [2.24, 2.45) is 5.92 Å². The zero-order chi connectivity index (χ0) is 12.7. The van der Waals surface area contributed by atoms with E-state index in [-0.39, 0.29) is 23.6 Å². The lowest BCUT2D eigenvalue weighted by atomic mass is 9.88. The number of anilines is 1. The average Bonchev–Trinajstić information content (AvgIpc) is 2.96. The summed E-state index contributed by atoms with van der Waals surface area (Å²) in [5.74, 6) is -1.52. The van der Waals surface area contributed by atoms with Crippen LogP contribution in [-0.4, -0.2) is 18.0 Å². The van der Waals surface area contributed by atoms with E-state index in [1.165, 1.54) is 0 Å². The summed E-state index contributed by atoms with van der Waals surface area (Å²) in [6, 6.07) is 3.65. The molecule has 1 amide bonds. The van der Waals surface area contributed by atoms with Gasteiger partial charge >= 0.3 is 0 Å². The van der Waals surface area contributed by atoms with Gasteiger partial charge in [0.2, 0.25) is 5.91 Å². The maximum Gasteiger partial charge on any atom is 0.229 e. The first-order chi connectivity index (χ1) is 8.63. The van der Waals surface area contributed by atoms with Gasteiger partial charge in [-0.1, -0.05) is 0 Å². The highest BCUT2D eigenvalue weighted by Gasteiger charge is 2.42. The van der Waals surface area contributed by atoms with E-state index in [9.17, 15) is 13.6 Å². The third kappa shape index (κ3) is 1.99. The molecule has 0 aromatic heterocycles. The maximum absolute atomic E-state index is 13.4. The van der Waals surface area contributed by atoms with E-state index in [4.69, 9.17) is 0 Å². The molecule has 2 saturated heterocycles. The van der Waals surface area contributed by atoms with Gasteiger partial charge < -0.3 is 10.6 Å². The molecule has 0 saturated carbocycles. The summed E-state index contributed by atoms with van der Waals surface area (Å²) in [5.41, 5.74) is -0.0808. The summed E-state index contributed by atoms with van der Waals surface area (Å²) in [6.45, 7) is 0. The third-order valence-corrected chi connectivity index (χ3v) is 3.82. The molecular formula is C13H14F2N2O. The van der Waals surface area contributed by atoms with Crippen molar-refractivity contribution in [3.8, 4) is 0 Å². The number of amides is 1. The van der Waals surface area contributed by atoms with Crippen LogP contribution in [0, 0.1) is 17.6 Å². The van der Waals surface area contributed by atoms with Gasteiger partial charge in [-0.25, -0.2) is 8.78 Å². The van der Waals surface area contributed by atoms with Crippen molar-refractivity contribution in [3.63, 3.8) is 0 Å². The first-order valence-corrected chi connectivity index (χ1v) is 6.15. The van der Waals surface area contributed by atoms with Crippen LogP contribution >= 0.6 is 0 Å². The number of benzene rings is 1. The number of carbonyl (C=O) groups excluding carboxylic acids is 1. The fourth-order valence-electron chi connectivity index (χ4n) is 2.93. The average molecular weight is 252 g/mol. The Bertz CT molecular complexity index is 492. The van der Waals surface area contributed by atoms with Crippen molar-refractivity contribution in [1.82, 2.24) is 5.32 Å². The van der Waals surface area contributed by atoms with E-state index in [1.807, 2.05) is 0 Å². The molecule has 96 valence electrons. The van der Waals surface area contributed by atoms with Gasteiger partial charge in [-0.15, -0.1) is 0 Å². The van der Waals surface area contributed by atoms with Crippen molar-refractivity contribution in [1.29, 1.82) is 0 Å².